The molecule has 3 nitrogen and oxygen atoms in total. The fourth-order valence-electron chi connectivity index (χ4n) is 10.8. The van der Waals surface area contributed by atoms with Crippen LogP contribution in [-0.4, -0.2) is 41.5 Å². The van der Waals surface area contributed by atoms with Crippen LogP contribution >= 0.6 is 0 Å². The first kappa shape index (κ1) is 20.5. The summed E-state index contributed by atoms with van der Waals surface area (Å²) < 4.78 is 7.11. The van der Waals surface area contributed by atoms with Crippen LogP contribution in [0.2, 0.25) is 0 Å². The Morgan fingerprint density at radius 1 is 0.900 bits per heavy atom. The van der Waals surface area contributed by atoms with Gasteiger partial charge >= 0.3 is 0 Å². The van der Waals surface area contributed by atoms with Crippen molar-refractivity contribution < 1.29 is 9.84 Å². The second kappa shape index (κ2) is 6.70. The molecular weight excluding hydrogens is 370 g/mol. The molecule has 3 heteroatoms. The lowest BCUT2D eigenvalue weighted by atomic mass is 9.44. The number of hydrogen-bond acceptors (Lipinski definition) is 3. The topological polar surface area (TPSA) is 32.7 Å². The molecule has 0 amide bonds. The standard InChI is InChI=1S/C27H45NO2/c1-17-24-23(30-27(17)11-5-6-14-28(27)4)16-22-20-8-7-18-15-19(29)9-12-25(18,2)21(20)10-13-26(22,24)3/h17-24,29H,5-16H2,1-4H3. The molecule has 2 aliphatic heterocycles. The summed E-state index contributed by atoms with van der Waals surface area (Å²) in [7, 11) is 2.33. The smallest absolute Gasteiger partial charge is 0.124 e. The molecule has 2 heterocycles. The van der Waals surface area contributed by atoms with Gasteiger partial charge in [0.1, 0.15) is 5.72 Å². The molecule has 4 saturated carbocycles. The van der Waals surface area contributed by atoms with Gasteiger partial charge in [-0.05, 0) is 118 Å². The molecule has 0 aromatic carbocycles. The SMILES string of the molecule is CC1C2C(CC3C4CCC5CC(O)CCC5(C)C4CCC32C)OC12CCCCN2C. The Labute approximate surface area is 184 Å². The summed E-state index contributed by atoms with van der Waals surface area (Å²) in [5, 5.41) is 10.3. The number of rotatable bonds is 0. The van der Waals surface area contributed by atoms with Crippen molar-refractivity contribution in [1.82, 2.24) is 4.90 Å². The van der Waals surface area contributed by atoms with Gasteiger partial charge < -0.3 is 9.84 Å². The Hall–Kier alpha value is -0.120. The zero-order valence-electron chi connectivity index (χ0n) is 19.9. The summed E-state index contributed by atoms with van der Waals surface area (Å²) in [5.74, 6) is 4.84. The Balaban J connectivity index is 1.28. The minimum absolute atomic E-state index is 0.0293. The number of fused-ring (bicyclic) bond motifs is 7. The summed E-state index contributed by atoms with van der Waals surface area (Å²) in [5.41, 5.74) is 0.991. The molecule has 4 aliphatic carbocycles. The van der Waals surface area contributed by atoms with Gasteiger partial charge in [-0.2, -0.15) is 0 Å². The molecular formula is C27H45NO2. The largest absolute Gasteiger partial charge is 0.393 e. The minimum Gasteiger partial charge on any atom is -0.393 e. The molecule has 0 aromatic rings. The third-order valence-corrected chi connectivity index (χ3v) is 12.3. The molecule has 0 bridgehead atoms. The lowest BCUT2D eigenvalue weighted by Gasteiger charge is -2.61. The van der Waals surface area contributed by atoms with Crippen LogP contribution in [-0.2, 0) is 4.74 Å². The van der Waals surface area contributed by atoms with Crippen LogP contribution in [0.25, 0.3) is 0 Å². The molecule has 6 aliphatic rings. The molecule has 6 fully saturated rings. The van der Waals surface area contributed by atoms with Gasteiger partial charge in [0.2, 0.25) is 0 Å². The van der Waals surface area contributed by atoms with Gasteiger partial charge in [0.15, 0.2) is 0 Å². The molecule has 1 spiro atoms. The number of piperidine rings is 1. The van der Waals surface area contributed by atoms with Crippen molar-refractivity contribution in [2.75, 3.05) is 13.6 Å². The van der Waals surface area contributed by atoms with Gasteiger partial charge in [-0.3, -0.25) is 4.90 Å². The number of likely N-dealkylation sites (tertiary alicyclic amines) is 1. The van der Waals surface area contributed by atoms with Crippen molar-refractivity contribution in [3.05, 3.63) is 0 Å². The van der Waals surface area contributed by atoms with Gasteiger partial charge in [-0.15, -0.1) is 0 Å². The van der Waals surface area contributed by atoms with Gasteiger partial charge in [-0.25, -0.2) is 0 Å². The molecule has 2 saturated heterocycles. The summed E-state index contributed by atoms with van der Waals surface area (Å²) in [6.45, 7) is 9.05. The maximum Gasteiger partial charge on any atom is 0.124 e. The Morgan fingerprint density at radius 3 is 2.50 bits per heavy atom. The number of aliphatic hydroxyl groups excluding tert-OH is 1. The predicted octanol–water partition coefficient (Wildman–Crippen LogP) is 5.46. The van der Waals surface area contributed by atoms with Crippen LogP contribution in [0.5, 0.6) is 0 Å². The van der Waals surface area contributed by atoms with E-state index < -0.39 is 0 Å². The molecule has 6 rings (SSSR count). The first-order valence-corrected chi connectivity index (χ1v) is 13.4. The van der Waals surface area contributed by atoms with E-state index in [0.29, 0.717) is 22.9 Å². The van der Waals surface area contributed by atoms with E-state index in [9.17, 15) is 5.11 Å². The van der Waals surface area contributed by atoms with E-state index in [1.54, 1.807) is 0 Å². The fraction of sp³-hybridized carbons (Fsp3) is 1.00. The van der Waals surface area contributed by atoms with E-state index >= 15 is 0 Å². The van der Waals surface area contributed by atoms with Crippen LogP contribution in [0, 0.1) is 46.3 Å². The maximum atomic E-state index is 10.3. The van der Waals surface area contributed by atoms with Crippen molar-refractivity contribution >= 4 is 0 Å². The predicted molar refractivity (Wildman–Crippen MR) is 120 cm³/mol. The van der Waals surface area contributed by atoms with E-state index in [1.807, 2.05) is 0 Å². The highest BCUT2D eigenvalue weighted by Gasteiger charge is 2.69. The Bertz CT molecular complexity index is 696. The van der Waals surface area contributed by atoms with Gasteiger partial charge in [0.05, 0.1) is 12.2 Å². The lowest BCUT2D eigenvalue weighted by Crippen LogP contribution is -2.57. The van der Waals surface area contributed by atoms with Gasteiger partial charge in [0, 0.05) is 12.5 Å². The zero-order chi connectivity index (χ0) is 20.9. The molecule has 0 radical (unpaired) electrons. The Morgan fingerprint density at radius 2 is 1.70 bits per heavy atom. The first-order valence-electron chi connectivity index (χ1n) is 13.4. The van der Waals surface area contributed by atoms with E-state index in [1.165, 1.54) is 64.3 Å². The number of ether oxygens (including phenoxy) is 1. The van der Waals surface area contributed by atoms with Crippen LogP contribution in [0.3, 0.4) is 0 Å². The summed E-state index contributed by atoms with van der Waals surface area (Å²) in [6.07, 6.45) is 14.7. The molecule has 0 aromatic heterocycles. The molecule has 30 heavy (non-hydrogen) atoms. The molecule has 11 unspecified atom stereocenters. The van der Waals surface area contributed by atoms with Crippen molar-refractivity contribution in [2.45, 2.75) is 109 Å². The average molecular weight is 416 g/mol. The Kier molecular flexibility index (Phi) is 4.58. The average Bonchev–Trinajstić information content (AvgIpc) is 3.16. The summed E-state index contributed by atoms with van der Waals surface area (Å²) in [4.78, 5) is 2.59. The zero-order valence-corrected chi connectivity index (χ0v) is 19.9. The van der Waals surface area contributed by atoms with Gasteiger partial charge in [0.25, 0.3) is 0 Å². The van der Waals surface area contributed by atoms with E-state index in [4.69, 9.17) is 4.74 Å². The monoisotopic (exact) mass is 415 g/mol. The number of nitrogens with zero attached hydrogens (tertiary/aromatic N) is 1. The van der Waals surface area contributed by atoms with Gasteiger partial charge in [-0.1, -0.05) is 20.8 Å². The number of hydrogen-bond donors (Lipinski definition) is 1. The second-order valence-electron chi connectivity index (χ2n) is 13.1. The normalized spacial score (nSPS) is 60.7. The van der Waals surface area contributed by atoms with Crippen molar-refractivity contribution in [3.8, 4) is 0 Å². The van der Waals surface area contributed by atoms with E-state index in [2.05, 4.69) is 32.7 Å². The molecule has 11 atom stereocenters. The summed E-state index contributed by atoms with van der Waals surface area (Å²) in [6, 6.07) is 0. The van der Waals surface area contributed by atoms with Crippen molar-refractivity contribution in [3.63, 3.8) is 0 Å². The van der Waals surface area contributed by atoms with E-state index in [0.717, 1.165) is 42.4 Å². The quantitative estimate of drug-likeness (QED) is 0.570. The fourth-order valence-corrected chi connectivity index (χ4v) is 10.8. The highest BCUT2D eigenvalue weighted by atomic mass is 16.5. The van der Waals surface area contributed by atoms with Crippen LogP contribution < -0.4 is 0 Å². The van der Waals surface area contributed by atoms with Crippen LogP contribution in [0.1, 0.15) is 91.4 Å². The van der Waals surface area contributed by atoms with Crippen molar-refractivity contribution in [2.24, 2.45) is 46.3 Å². The number of aliphatic hydroxyl groups is 1. The highest BCUT2D eigenvalue weighted by Crippen LogP contribution is 2.71. The third-order valence-electron chi connectivity index (χ3n) is 12.3. The minimum atomic E-state index is -0.0303. The highest BCUT2D eigenvalue weighted by molar-refractivity contribution is 5.16. The summed E-state index contributed by atoms with van der Waals surface area (Å²) >= 11 is 0. The van der Waals surface area contributed by atoms with Crippen molar-refractivity contribution in [1.29, 1.82) is 0 Å². The third kappa shape index (κ3) is 2.49. The van der Waals surface area contributed by atoms with Crippen LogP contribution in [0.4, 0.5) is 0 Å². The molecule has 1 N–H and O–H groups in total. The molecule has 170 valence electrons. The second-order valence-corrected chi connectivity index (χ2v) is 13.1. The van der Waals surface area contributed by atoms with E-state index in [-0.39, 0.29) is 11.8 Å². The van der Waals surface area contributed by atoms with Crippen LogP contribution in [0.15, 0.2) is 0 Å². The first-order chi connectivity index (χ1) is 14.3. The lowest BCUT2D eigenvalue weighted by molar-refractivity contribution is -0.182. The maximum absolute atomic E-state index is 10.3.